The maximum Gasteiger partial charge on any atom is 0.240 e. The van der Waals surface area contributed by atoms with Gasteiger partial charge in [-0.25, -0.2) is 0 Å². The van der Waals surface area contributed by atoms with Crippen molar-refractivity contribution in [2.45, 2.75) is 76.5 Å². The number of carbonyl (C=O) groups is 1. The summed E-state index contributed by atoms with van der Waals surface area (Å²) in [5.41, 5.74) is 5.17. The van der Waals surface area contributed by atoms with Crippen LogP contribution in [0.15, 0.2) is 0 Å². The van der Waals surface area contributed by atoms with E-state index in [1.807, 2.05) is 0 Å². The van der Waals surface area contributed by atoms with Gasteiger partial charge in [-0.05, 0) is 62.7 Å². The maximum atomic E-state index is 12.1. The Bertz CT molecular complexity index is 382. The highest BCUT2D eigenvalue weighted by Crippen LogP contribution is 2.42. The van der Waals surface area contributed by atoms with Crippen LogP contribution in [0.3, 0.4) is 0 Å². The first kappa shape index (κ1) is 15.3. The Hall–Kier alpha value is -0.610. The third-order valence-electron chi connectivity index (χ3n) is 5.43. The van der Waals surface area contributed by atoms with Crippen LogP contribution in [0.5, 0.6) is 0 Å². The summed E-state index contributed by atoms with van der Waals surface area (Å²) in [5, 5.41) is 3.53. The highest BCUT2D eigenvalue weighted by molar-refractivity contribution is 5.86. The van der Waals surface area contributed by atoms with Crippen molar-refractivity contribution in [2.24, 2.45) is 23.5 Å². The molecule has 3 N–H and O–H groups in total. The summed E-state index contributed by atoms with van der Waals surface area (Å²) in [7, 11) is 0. The fourth-order valence-electron chi connectivity index (χ4n) is 4.05. The number of primary amides is 1. The van der Waals surface area contributed by atoms with Crippen LogP contribution in [-0.4, -0.2) is 30.2 Å². The standard InChI is InChI=1S/C17H30N2O2/c1-11-7-12(2)9-15(8-11)21-10-17(16(18)20,13-3-4-13)19-14-5-6-14/h11-15,19H,3-10H2,1-2H3,(H2,18,20). The molecule has 0 bridgehead atoms. The minimum absolute atomic E-state index is 0.214. The molecule has 4 nitrogen and oxygen atoms in total. The van der Waals surface area contributed by atoms with Crippen molar-refractivity contribution < 1.29 is 9.53 Å². The van der Waals surface area contributed by atoms with Gasteiger partial charge < -0.3 is 10.5 Å². The zero-order valence-electron chi connectivity index (χ0n) is 13.4. The minimum Gasteiger partial charge on any atom is -0.376 e. The fraction of sp³-hybridized carbons (Fsp3) is 0.941. The van der Waals surface area contributed by atoms with Crippen LogP contribution >= 0.6 is 0 Å². The number of nitrogens with two attached hydrogens (primary N) is 1. The lowest BCUT2D eigenvalue weighted by Crippen LogP contribution is -2.61. The smallest absolute Gasteiger partial charge is 0.240 e. The predicted molar refractivity (Wildman–Crippen MR) is 82.7 cm³/mol. The summed E-state index contributed by atoms with van der Waals surface area (Å²) in [5.74, 6) is 1.61. The van der Waals surface area contributed by atoms with E-state index in [4.69, 9.17) is 10.5 Å². The molecule has 3 aliphatic carbocycles. The molecule has 0 heterocycles. The van der Waals surface area contributed by atoms with Crippen molar-refractivity contribution in [3.8, 4) is 0 Å². The lowest BCUT2D eigenvalue weighted by molar-refractivity contribution is -0.130. The molecule has 0 aromatic heterocycles. The first-order chi connectivity index (χ1) is 9.99. The Kier molecular flexibility index (Phi) is 4.28. The number of carbonyl (C=O) groups excluding carboxylic acids is 1. The molecule has 0 aromatic rings. The number of nitrogens with one attached hydrogen (secondary N) is 1. The van der Waals surface area contributed by atoms with Gasteiger partial charge in [0.25, 0.3) is 0 Å². The van der Waals surface area contributed by atoms with Crippen LogP contribution in [0.25, 0.3) is 0 Å². The van der Waals surface area contributed by atoms with Gasteiger partial charge in [-0.1, -0.05) is 13.8 Å². The highest BCUT2D eigenvalue weighted by atomic mass is 16.5. The molecule has 0 aliphatic heterocycles. The predicted octanol–water partition coefficient (Wildman–Crippen LogP) is 2.21. The van der Waals surface area contributed by atoms with Crippen LogP contribution in [0.4, 0.5) is 0 Å². The molecule has 0 saturated heterocycles. The lowest BCUT2D eigenvalue weighted by Gasteiger charge is -2.36. The first-order valence-electron chi connectivity index (χ1n) is 8.69. The molecule has 0 radical (unpaired) electrons. The molecule has 3 fully saturated rings. The third kappa shape index (κ3) is 3.59. The monoisotopic (exact) mass is 294 g/mol. The Morgan fingerprint density at radius 3 is 2.24 bits per heavy atom. The minimum atomic E-state index is -0.606. The van der Waals surface area contributed by atoms with Crippen molar-refractivity contribution in [1.82, 2.24) is 5.32 Å². The van der Waals surface area contributed by atoms with E-state index in [9.17, 15) is 4.79 Å². The Balaban J connectivity index is 1.62. The molecule has 3 atom stereocenters. The van der Waals surface area contributed by atoms with E-state index in [0.717, 1.165) is 37.5 Å². The second-order valence-electron chi connectivity index (χ2n) is 7.88. The molecule has 3 saturated carbocycles. The molecule has 3 rings (SSSR count). The van der Waals surface area contributed by atoms with Crippen LogP contribution < -0.4 is 11.1 Å². The second kappa shape index (κ2) is 5.88. The van der Waals surface area contributed by atoms with Gasteiger partial charge in [-0.3, -0.25) is 10.1 Å². The van der Waals surface area contributed by atoms with Gasteiger partial charge in [-0.2, -0.15) is 0 Å². The number of hydrogen-bond acceptors (Lipinski definition) is 3. The van der Waals surface area contributed by atoms with Crippen LogP contribution in [0.2, 0.25) is 0 Å². The van der Waals surface area contributed by atoms with Gasteiger partial charge in [0, 0.05) is 6.04 Å². The van der Waals surface area contributed by atoms with Gasteiger partial charge in [0.05, 0.1) is 12.7 Å². The zero-order chi connectivity index (χ0) is 15.0. The topological polar surface area (TPSA) is 64.3 Å². The summed E-state index contributed by atoms with van der Waals surface area (Å²) in [6.45, 7) is 5.07. The SMILES string of the molecule is CC1CC(C)CC(OCC(NC2CC2)(C(N)=O)C2CC2)C1. The number of hydrogen-bond donors (Lipinski definition) is 2. The molecular formula is C17H30N2O2. The number of ether oxygens (including phenoxy) is 1. The summed E-state index contributed by atoms with van der Waals surface area (Å²) in [6, 6.07) is 0.478. The van der Waals surface area contributed by atoms with Crippen molar-refractivity contribution in [3.63, 3.8) is 0 Å². The van der Waals surface area contributed by atoms with Gasteiger partial charge in [0.15, 0.2) is 0 Å². The van der Waals surface area contributed by atoms with Crippen molar-refractivity contribution >= 4 is 5.91 Å². The van der Waals surface area contributed by atoms with E-state index in [1.54, 1.807) is 0 Å². The van der Waals surface area contributed by atoms with Crippen molar-refractivity contribution in [3.05, 3.63) is 0 Å². The van der Waals surface area contributed by atoms with E-state index >= 15 is 0 Å². The molecule has 3 unspecified atom stereocenters. The van der Waals surface area contributed by atoms with Gasteiger partial charge in [0.2, 0.25) is 5.91 Å². The molecular weight excluding hydrogens is 264 g/mol. The molecule has 4 heteroatoms. The van der Waals surface area contributed by atoms with E-state index in [1.165, 1.54) is 19.3 Å². The molecule has 21 heavy (non-hydrogen) atoms. The summed E-state index contributed by atoms with van der Waals surface area (Å²) in [4.78, 5) is 12.1. The molecule has 3 aliphatic rings. The Labute approximate surface area is 128 Å². The van der Waals surface area contributed by atoms with Crippen LogP contribution in [0.1, 0.15) is 58.8 Å². The highest BCUT2D eigenvalue weighted by Gasteiger charge is 2.52. The molecule has 1 amide bonds. The second-order valence-corrected chi connectivity index (χ2v) is 7.88. The quantitative estimate of drug-likeness (QED) is 0.756. The van der Waals surface area contributed by atoms with Crippen LogP contribution in [0, 0.1) is 17.8 Å². The molecule has 0 spiro atoms. The number of amides is 1. The zero-order valence-corrected chi connectivity index (χ0v) is 13.4. The number of rotatable bonds is 7. The summed E-state index contributed by atoms with van der Waals surface area (Å²) in [6.07, 6.45) is 8.36. The molecule has 0 aromatic carbocycles. The normalized spacial score (nSPS) is 36.2. The van der Waals surface area contributed by atoms with Gasteiger partial charge in [-0.15, -0.1) is 0 Å². The van der Waals surface area contributed by atoms with E-state index in [2.05, 4.69) is 19.2 Å². The van der Waals surface area contributed by atoms with E-state index in [0.29, 0.717) is 24.7 Å². The largest absolute Gasteiger partial charge is 0.376 e. The average Bonchev–Trinajstić information content (AvgIpc) is 3.24. The van der Waals surface area contributed by atoms with Gasteiger partial charge in [0.1, 0.15) is 5.54 Å². The van der Waals surface area contributed by atoms with Gasteiger partial charge >= 0.3 is 0 Å². The van der Waals surface area contributed by atoms with Crippen molar-refractivity contribution in [2.75, 3.05) is 6.61 Å². The summed E-state index contributed by atoms with van der Waals surface area (Å²) < 4.78 is 6.22. The fourth-order valence-corrected chi connectivity index (χ4v) is 4.05. The van der Waals surface area contributed by atoms with E-state index < -0.39 is 5.54 Å². The first-order valence-corrected chi connectivity index (χ1v) is 8.69. The average molecular weight is 294 g/mol. The Morgan fingerprint density at radius 1 is 1.14 bits per heavy atom. The third-order valence-corrected chi connectivity index (χ3v) is 5.43. The lowest BCUT2D eigenvalue weighted by atomic mass is 9.81. The van der Waals surface area contributed by atoms with Crippen molar-refractivity contribution in [1.29, 1.82) is 0 Å². The molecule has 120 valence electrons. The maximum absolute atomic E-state index is 12.1. The summed E-state index contributed by atoms with van der Waals surface area (Å²) >= 11 is 0. The van der Waals surface area contributed by atoms with Crippen LogP contribution in [-0.2, 0) is 9.53 Å². The van der Waals surface area contributed by atoms with E-state index in [-0.39, 0.29) is 5.91 Å². The Morgan fingerprint density at radius 2 is 1.76 bits per heavy atom.